The second-order valence-corrected chi connectivity index (χ2v) is 9.54. The van der Waals surface area contributed by atoms with E-state index < -0.39 is 40.4 Å². The highest BCUT2D eigenvalue weighted by atomic mass is 32.2. The monoisotopic (exact) mass is 473 g/mol. The van der Waals surface area contributed by atoms with Crippen LogP contribution in [0.1, 0.15) is 25.0 Å². The molecule has 3 atom stereocenters. The molecule has 0 aliphatic carbocycles. The number of carbonyl (C=O) groups is 2. The Kier molecular flexibility index (Phi) is 7.55. The number of benzene rings is 2. The van der Waals surface area contributed by atoms with Gasteiger partial charge in [0.1, 0.15) is 18.8 Å². The van der Waals surface area contributed by atoms with Crippen LogP contribution >= 0.6 is 0 Å². The molecule has 0 amide bonds. The number of sulfonamides is 1. The first-order valence-electron chi connectivity index (χ1n) is 10.4. The molecule has 0 bridgehead atoms. The molecule has 0 unspecified atom stereocenters. The van der Waals surface area contributed by atoms with Crippen LogP contribution in [0.5, 0.6) is 0 Å². The van der Waals surface area contributed by atoms with Gasteiger partial charge in [-0.05, 0) is 49.8 Å². The fourth-order valence-electron chi connectivity index (χ4n) is 3.44. The number of esters is 2. The fourth-order valence-corrected chi connectivity index (χ4v) is 5.01. The van der Waals surface area contributed by atoms with Crippen LogP contribution in [0.2, 0.25) is 0 Å². The van der Waals surface area contributed by atoms with Gasteiger partial charge >= 0.3 is 11.9 Å². The largest absolute Gasteiger partial charge is 0.463 e. The summed E-state index contributed by atoms with van der Waals surface area (Å²) in [7, 11) is -4.05. The third kappa shape index (κ3) is 5.80. The molecule has 8 nitrogen and oxygen atoms in total. The van der Waals surface area contributed by atoms with Crippen molar-refractivity contribution in [2.24, 2.45) is 0 Å². The first-order chi connectivity index (χ1) is 15.6. The summed E-state index contributed by atoms with van der Waals surface area (Å²) >= 11 is 0. The molecule has 1 aliphatic heterocycles. The zero-order valence-electron chi connectivity index (χ0n) is 18.9. The Morgan fingerprint density at radius 3 is 2.24 bits per heavy atom. The molecule has 0 saturated heterocycles. The molecule has 1 aliphatic rings. The lowest BCUT2D eigenvalue weighted by Crippen LogP contribution is -2.49. The van der Waals surface area contributed by atoms with Crippen molar-refractivity contribution in [1.82, 2.24) is 0 Å². The van der Waals surface area contributed by atoms with Gasteiger partial charge in [-0.1, -0.05) is 35.9 Å². The minimum absolute atomic E-state index is 0.104. The lowest BCUT2D eigenvalue weighted by Gasteiger charge is -2.38. The van der Waals surface area contributed by atoms with Gasteiger partial charge in [0, 0.05) is 13.8 Å². The number of aryl methyl sites for hydroxylation is 2. The molecular weight excluding hydrogens is 446 g/mol. The molecule has 0 saturated carbocycles. The predicted molar refractivity (Wildman–Crippen MR) is 122 cm³/mol. The van der Waals surface area contributed by atoms with E-state index in [4.69, 9.17) is 14.2 Å². The molecule has 0 spiro atoms. The number of rotatable bonds is 7. The summed E-state index contributed by atoms with van der Waals surface area (Å²) in [5.41, 5.74) is 2.09. The Bertz CT molecular complexity index is 1140. The second kappa shape index (κ2) is 10.2. The maximum Gasteiger partial charge on any atom is 0.303 e. The summed E-state index contributed by atoms with van der Waals surface area (Å²) in [5.74, 6) is -1.07. The Morgan fingerprint density at radius 2 is 1.64 bits per heavy atom. The molecule has 176 valence electrons. The summed E-state index contributed by atoms with van der Waals surface area (Å²) in [6.07, 6.45) is 0.284. The molecule has 1 heterocycles. The van der Waals surface area contributed by atoms with Crippen molar-refractivity contribution in [3.05, 3.63) is 71.8 Å². The highest BCUT2D eigenvalue weighted by Gasteiger charge is 2.38. The van der Waals surface area contributed by atoms with Gasteiger partial charge in [-0.25, -0.2) is 12.7 Å². The van der Waals surface area contributed by atoms with Gasteiger partial charge in [0.05, 0.1) is 10.6 Å². The van der Waals surface area contributed by atoms with Gasteiger partial charge in [-0.15, -0.1) is 0 Å². The fraction of sp³-hybridized carbons (Fsp3) is 0.333. The topological polar surface area (TPSA) is 99.2 Å². The van der Waals surface area contributed by atoms with E-state index in [-0.39, 0.29) is 11.5 Å². The molecule has 33 heavy (non-hydrogen) atoms. The first kappa shape index (κ1) is 24.5. The van der Waals surface area contributed by atoms with E-state index in [0.29, 0.717) is 5.69 Å². The van der Waals surface area contributed by atoms with Crippen molar-refractivity contribution in [1.29, 1.82) is 0 Å². The third-order valence-electron chi connectivity index (χ3n) is 5.06. The van der Waals surface area contributed by atoms with E-state index in [9.17, 15) is 18.0 Å². The van der Waals surface area contributed by atoms with Gasteiger partial charge in [0.25, 0.3) is 10.0 Å². The average molecular weight is 474 g/mol. The Hall–Kier alpha value is -3.17. The van der Waals surface area contributed by atoms with Crippen LogP contribution in [0.25, 0.3) is 0 Å². The van der Waals surface area contributed by atoms with Crippen LogP contribution in [0.4, 0.5) is 5.69 Å². The summed E-state index contributed by atoms with van der Waals surface area (Å²) in [6, 6.07) is 13.6. The lowest BCUT2D eigenvalue weighted by atomic mass is 10.1. The Labute approximate surface area is 193 Å². The van der Waals surface area contributed by atoms with Crippen molar-refractivity contribution in [2.45, 2.75) is 51.0 Å². The molecule has 0 N–H and O–H groups in total. The number of para-hydroxylation sites is 1. The van der Waals surface area contributed by atoms with Gasteiger partial charge in [0.2, 0.25) is 0 Å². The lowest BCUT2D eigenvalue weighted by molar-refractivity contribution is -0.162. The highest BCUT2D eigenvalue weighted by molar-refractivity contribution is 7.92. The normalized spacial score (nSPS) is 20.2. The standard InChI is InChI=1S/C24H27NO7S/c1-16-9-11-20(12-10-16)33(28,29)25(21-8-6-5-7-17(21)2)24-14-13-22(31-19(4)27)23(32-24)15-30-18(3)26/h5-14,22-24H,15H2,1-4H3/t22-,23+,24-/m0/s1. The molecule has 9 heteroatoms. The zero-order chi connectivity index (χ0) is 24.2. The molecule has 2 aromatic rings. The molecule has 3 rings (SSSR count). The van der Waals surface area contributed by atoms with E-state index in [2.05, 4.69) is 0 Å². The SMILES string of the molecule is CC(=O)OC[C@H]1O[C@H](N(c2ccccc2C)S(=O)(=O)c2ccc(C)cc2)C=C[C@@H]1OC(C)=O. The molecule has 0 radical (unpaired) electrons. The number of hydrogen-bond acceptors (Lipinski definition) is 7. The van der Waals surface area contributed by atoms with Crippen LogP contribution in [-0.2, 0) is 33.8 Å². The summed E-state index contributed by atoms with van der Waals surface area (Å²) in [4.78, 5) is 23.0. The smallest absolute Gasteiger partial charge is 0.303 e. The summed E-state index contributed by atoms with van der Waals surface area (Å²) < 4.78 is 45.1. The average Bonchev–Trinajstić information content (AvgIpc) is 2.75. The van der Waals surface area contributed by atoms with Crippen molar-refractivity contribution < 1.29 is 32.2 Å². The van der Waals surface area contributed by atoms with Crippen molar-refractivity contribution >= 4 is 27.6 Å². The van der Waals surface area contributed by atoms with Crippen molar-refractivity contribution in [2.75, 3.05) is 10.9 Å². The predicted octanol–water partition coefficient (Wildman–Crippen LogP) is 3.27. The summed E-state index contributed by atoms with van der Waals surface area (Å²) in [6.45, 7) is 5.97. The van der Waals surface area contributed by atoms with Crippen LogP contribution in [-0.4, -0.2) is 45.4 Å². The van der Waals surface area contributed by atoms with Crippen LogP contribution in [0, 0.1) is 13.8 Å². The first-order valence-corrected chi connectivity index (χ1v) is 11.8. The number of anilines is 1. The quantitative estimate of drug-likeness (QED) is 0.449. The van der Waals surface area contributed by atoms with E-state index in [1.54, 1.807) is 55.5 Å². The Balaban J connectivity index is 2.06. The maximum absolute atomic E-state index is 13.8. The third-order valence-corrected chi connectivity index (χ3v) is 6.85. The van der Waals surface area contributed by atoms with Gasteiger partial charge in [-0.2, -0.15) is 0 Å². The maximum atomic E-state index is 13.8. The van der Waals surface area contributed by atoms with Gasteiger partial charge in [0.15, 0.2) is 6.23 Å². The second-order valence-electron chi connectivity index (χ2n) is 7.73. The van der Waals surface area contributed by atoms with Crippen LogP contribution < -0.4 is 4.31 Å². The van der Waals surface area contributed by atoms with Crippen molar-refractivity contribution in [3.8, 4) is 0 Å². The molecule has 2 aromatic carbocycles. The zero-order valence-corrected chi connectivity index (χ0v) is 19.7. The van der Waals surface area contributed by atoms with Crippen LogP contribution in [0.15, 0.2) is 65.6 Å². The van der Waals surface area contributed by atoms with Gasteiger partial charge in [-0.3, -0.25) is 9.59 Å². The minimum Gasteiger partial charge on any atom is -0.463 e. The number of nitrogens with zero attached hydrogens (tertiary/aromatic N) is 1. The van der Waals surface area contributed by atoms with Crippen molar-refractivity contribution in [3.63, 3.8) is 0 Å². The van der Waals surface area contributed by atoms with E-state index in [1.807, 2.05) is 13.0 Å². The minimum atomic E-state index is -4.05. The number of ether oxygens (including phenoxy) is 3. The molecule has 0 fully saturated rings. The number of carbonyl (C=O) groups excluding carboxylic acids is 2. The van der Waals surface area contributed by atoms with E-state index >= 15 is 0 Å². The van der Waals surface area contributed by atoms with E-state index in [1.165, 1.54) is 24.2 Å². The molecule has 0 aromatic heterocycles. The molecular formula is C24H27NO7S. The highest BCUT2D eigenvalue weighted by Crippen LogP contribution is 2.32. The number of hydrogen-bond donors (Lipinski definition) is 0. The van der Waals surface area contributed by atoms with Crippen LogP contribution in [0.3, 0.4) is 0 Å². The van der Waals surface area contributed by atoms with Gasteiger partial charge < -0.3 is 14.2 Å². The summed E-state index contributed by atoms with van der Waals surface area (Å²) in [5, 5.41) is 0. The Morgan fingerprint density at radius 1 is 0.970 bits per heavy atom. The van der Waals surface area contributed by atoms with E-state index in [0.717, 1.165) is 11.1 Å².